The van der Waals surface area contributed by atoms with Crippen molar-refractivity contribution in [2.24, 2.45) is 0 Å². The first-order valence-corrected chi connectivity index (χ1v) is 7.49. The van der Waals surface area contributed by atoms with E-state index in [0.29, 0.717) is 23.7 Å². The van der Waals surface area contributed by atoms with Gasteiger partial charge in [0, 0.05) is 11.1 Å². The third-order valence-corrected chi connectivity index (χ3v) is 3.11. The fourth-order valence-corrected chi connectivity index (χ4v) is 2.05. The minimum atomic E-state index is -1.07. The average Bonchev–Trinajstić information content (AvgIpc) is 2.59. The maximum atomic E-state index is 12.3. The maximum Gasteiger partial charge on any atom is 0.341 e. The van der Waals surface area contributed by atoms with Gasteiger partial charge in [-0.05, 0) is 37.3 Å². The van der Waals surface area contributed by atoms with E-state index in [1.165, 1.54) is 12.1 Å². The van der Waals surface area contributed by atoms with Gasteiger partial charge in [-0.2, -0.15) is 0 Å². The van der Waals surface area contributed by atoms with E-state index in [-0.39, 0.29) is 5.78 Å². The van der Waals surface area contributed by atoms with Crippen molar-refractivity contribution in [2.75, 3.05) is 13.2 Å². The first-order chi connectivity index (χ1) is 11.6. The molecular weight excluding hydrogens is 308 g/mol. The van der Waals surface area contributed by atoms with Crippen LogP contribution in [0.15, 0.2) is 54.6 Å². The standard InChI is InChI=1S/C19H18O5/c1-2-23-18-9-4-3-6-14(18)10-11-17(20)15-7-5-8-16(12-15)24-13-19(21)22/h3-12H,2,13H2,1H3,(H,21,22)/b11-10+. The number of carboxylic acid groups (broad SMARTS) is 1. The van der Waals surface area contributed by atoms with E-state index in [2.05, 4.69) is 0 Å². The molecule has 0 atom stereocenters. The highest BCUT2D eigenvalue weighted by molar-refractivity contribution is 6.07. The van der Waals surface area contributed by atoms with Crippen LogP contribution in [0, 0.1) is 0 Å². The highest BCUT2D eigenvalue weighted by Gasteiger charge is 2.06. The van der Waals surface area contributed by atoms with E-state index in [1.54, 1.807) is 24.3 Å². The Morgan fingerprint density at radius 3 is 2.62 bits per heavy atom. The molecule has 5 heteroatoms. The zero-order valence-corrected chi connectivity index (χ0v) is 13.3. The topological polar surface area (TPSA) is 72.8 Å². The van der Waals surface area contributed by atoms with Crippen molar-refractivity contribution in [3.8, 4) is 11.5 Å². The van der Waals surface area contributed by atoms with E-state index >= 15 is 0 Å². The summed E-state index contributed by atoms with van der Waals surface area (Å²) in [6.45, 7) is 1.99. The molecule has 0 amide bonds. The fraction of sp³-hybridized carbons (Fsp3) is 0.158. The number of hydrogen-bond donors (Lipinski definition) is 1. The number of ketones is 1. The number of hydrogen-bond acceptors (Lipinski definition) is 4. The van der Waals surface area contributed by atoms with Crippen molar-refractivity contribution in [1.29, 1.82) is 0 Å². The number of aliphatic carboxylic acids is 1. The van der Waals surface area contributed by atoms with E-state index in [0.717, 1.165) is 5.56 Å². The molecular formula is C19H18O5. The molecule has 24 heavy (non-hydrogen) atoms. The Balaban J connectivity index is 2.12. The molecule has 0 aliphatic heterocycles. The Hall–Kier alpha value is -3.08. The summed E-state index contributed by atoms with van der Waals surface area (Å²) in [6, 6.07) is 13.9. The van der Waals surface area contributed by atoms with E-state index in [9.17, 15) is 9.59 Å². The van der Waals surface area contributed by atoms with Crippen molar-refractivity contribution in [3.05, 3.63) is 65.7 Å². The molecule has 1 N–H and O–H groups in total. The average molecular weight is 326 g/mol. The summed E-state index contributed by atoms with van der Waals surface area (Å²) in [5, 5.41) is 8.62. The lowest BCUT2D eigenvalue weighted by Crippen LogP contribution is -2.09. The Labute approximate surface area is 140 Å². The molecule has 2 aromatic carbocycles. The zero-order chi connectivity index (χ0) is 17.4. The van der Waals surface area contributed by atoms with Gasteiger partial charge < -0.3 is 14.6 Å². The van der Waals surface area contributed by atoms with Crippen LogP contribution in [0.4, 0.5) is 0 Å². The molecule has 0 unspecified atom stereocenters. The third kappa shape index (κ3) is 4.98. The van der Waals surface area contributed by atoms with Gasteiger partial charge in [-0.25, -0.2) is 4.79 Å². The van der Waals surface area contributed by atoms with Crippen LogP contribution in [0.25, 0.3) is 6.08 Å². The Morgan fingerprint density at radius 2 is 1.88 bits per heavy atom. The molecule has 0 aliphatic rings. The van der Waals surface area contributed by atoms with Gasteiger partial charge in [0.25, 0.3) is 0 Å². The number of carbonyl (C=O) groups is 2. The fourth-order valence-electron chi connectivity index (χ4n) is 2.05. The first kappa shape index (κ1) is 17.3. The van der Waals surface area contributed by atoms with Crippen molar-refractivity contribution in [3.63, 3.8) is 0 Å². The number of rotatable bonds is 8. The lowest BCUT2D eigenvalue weighted by Gasteiger charge is -2.06. The maximum absolute atomic E-state index is 12.3. The smallest absolute Gasteiger partial charge is 0.341 e. The van der Waals surface area contributed by atoms with Gasteiger partial charge in [-0.15, -0.1) is 0 Å². The molecule has 0 bridgehead atoms. The molecule has 124 valence electrons. The van der Waals surface area contributed by atoms with Gasteiger partial charge in [0.15, 0.2) is 12.4 Å². The number of carboxylic acids is 1. The molecule has 0 aromatic heterocycles. The second kappa shape index (κ2) is 8.53. The SMILES string of the molecule is CCOc1ccccc1/C=C/C(=O)c1cccc(OCC(=O)O)c1. The van der Waals surface area contributed by atoms with Gasteiger partial charge in [0.1, 0.15) is 11.5 Å². The van der Waals surface area contributed by atoms with Gasteiger partial charge in [-0.3, -0.25) is 4.79 Å². The number of ether oxygens (including phenoxy) is 2. The quantitative estimate of drug-likeness (QED) is 0.594. The molecule has 0 fully saturated rings. The summed E-state index contributed by atoms with van der Waals surface area (Å²) in [5.41, 5.74) is 1.23. The minimum absolute atomic E-state index is 0.206. The van der Waals surface area contributed by atoms with Gasteiger partial charge in [-0.1, -0.05) is 30.3 Å². The highest BCUT2D eigenvalue weighted by atomic mass is 16.5. The lowest BCUT2D eigenvalue weighted by atomic mass is 10.1. The predicted molar refractivity (Wildman–Crippen MR) is 90.5 cm³/mol. The summed E-state index contributed by atoms with van der Waals surface area (Å²) < 4.78 is 10.6. The molecule has 0 saturated carbocycles. The van der Waals surface area contributed by atoms with E-state index in [1.807, 2.05) is 31.2 Å². The number of carbonyl (C=O) groups excluding carboxylic acids is 1. The van der Waals surface area contributed by atoms with E-state index < -0.39 is 12.6 Å². The van der Waals surface area contributed by atoms with Crippen LogP contribution in [-0.4, -0.2) is 30.1 Å². The number of benzene rings is 2. The summed E-state index contributed by atoms with van der Waals surface area (Å²) in [5.74, 6) is -0.227. The normalized spacial score (nSPS) is 10.5. The molecule has 2 aromatic rings. The largest absolute Gasteiger partial charge is 0.493 e. The van der Waals surface area contributed by atoms with Crippen LogP contribution in [-0.2, 0) is 4.79 Å². The van der Waals surface area contributed by atoms with Crippen LogP contribution in [0.3, 0.4) is 0 Å². The van der Waals surface area contributed by atoms with Gasteiger partial charge in [0.2, 0.25) is 0 Å². The molecule has 0 aliphatic carbocycles. The molecule has 0 spiro atoms. The summed E-state index contributed by atoms with van der Waals surface area (Å²) in [7, 11) is 0. The second-order valence-corrected chi connectivity index (χ2v) is 4.88. The van der Waals surface area contributed by atoms with Gasteiger partial charge >= 0.3 is 5.97 Å². The Kier molecular flexibility index (Phi) is 6.14. The van der Waals surface area contributed by atoms with Crippen LogP contribution in [0.2, 0.25) is 0 Å². The van der Waals surface area contributed by atoms with E-state index in [4.69, 9.17) is 14.6 Å². The predicted octanol–water partition coefficient (Wildman–Crippen LogP) is 3.44. The number of para-hydroxylation sites is 1. The summed E-state index contributed by atoms with van der Waals surface area (Å²) >= 11 is 0. The lowest BCUT2D eigenvalue weighted by molar-refractivity contribution is -0.139. The van der Waals surface area contributed by atoms with Crippen LogP contribution >= 0.6 is 0 Å². The van der Waals surface area contributed by atoms with Crippen molar-refractivity contribution < 1.29 is 24.2 Å². The zero-order valence-electron chi connectivity index (χ0n) is 13.3. The molecule has 5 nitrogen and oxygen atoms in total. The van der Waals surface area contributed by atoms with Crippen molar-refractivity contribution in [1.82, 2.24) is 0 Å². The number of allylic oxidation sites excluding steroid dienone is 1. The van der Waals surface area contributed by atoms with Crippen LogP contribution in [0.5, 0.6) is 11.5 Å². The van der Waals surface area contributed by atoms with Crippen LogP contribution < -0.4 is 9.47 Å². The second-order valence-electron chi connectivity index (χ2n) is 4.88. The van der Waals surface area contributed by atoms with Crippen molar-refractivity contribution >= 4 is 17.8 Å². The summed E-state index contributed by atoms with van der Waals surface area (Å²) in [4.78, 5) is 22.8. The monoisotopic (exact) mass is 326 g/mol. The molecule has 0 saturated heterocycles. The molecule has 0 radical (unpaired) electrons. The van der Waals surface area contributed by atoms with Crippen molar-refractivity contribution in [2.45, 2.75) is 6.92 Å². The highest BCUT2D eigenvalue weighted by Crippen LogP contribution is 2.20. The third-order valence-electron chi connectivity index (χ3n) is 3.11. The molecule has 0 heterocycles. The first-order valence-electron chi connectivity index (χ1n) is 7.49. The minimum Gasteiger partial charge on any atom is -0.493 e. The van der Waals surface area contributed by atoms with Gasteiger partial charge in [0.05, 0.1) is 6.61 Å². The Bertz CT molecular complexity index is 749. The Morgan fingerprint density at radius 1 is 1.08 bits per heavy atom. The molecule has 2 rings (SSSR count). The van der Waals surface area contributed by atoms with Crippen LogP contribution in [0.1, 0.15) is 22.8 Å². The summed E-state index contributed by atoms with van der Waals surface area (Å²) in [6.07, 6.45) is 3.15.